The highest BCUT2D eigenvalue weighted by atomic mass is 16.2. The fraction of sp³-hybridized carbons (Fsp3) is 0.571. The number of imide groups is 1. The standard InChI is InChI=1S/C21H28N2O3/c1-13(2)15-10-6-7-14(3)19(15)22-18(24)11-12-23-20(25)16-8-4-5-9-17(16)21(23)26/h6-7,10,13,16-17H,4-5,8-9,11-12H2,1-3H3,(H,22,24). The summed E-state index contributed by atoms with van der Waals surface area (Å²) in [6.07, 6.45) is 3.78. The minimum Gasteiger partial charge on any atom is -0.326 e. The van der Waals surface area contributed by atoms with Gasteiger partial charge in [-0.15, -0.1) is 0 Å². The largest absolute Gasteiger partial charge is 0.326 e. The average molecular weight is 356 g/mol. The number of carbonyl (C=O) groups is 3. The van der Waals surface area contributed by atoms with E-state index in [1.165, 1.54) is 4.90 Å². The Bertz CT molecular complexity index is 702. The zero-order chi connectivity index (χ0) is 18.8. The van der Waals surface area contributed by atoms with Crippen LogP contribution in [0.5, 0.6) is 0 Å². The first-order valence-electron chi connectivity index (χ1n) is 9.64. The first kappa shape index (κ1) is 18.6. The highest BCUT2D eigenvalue weighted by Crippen LogP contribution is 2.38. The monoisotopic (exact) mass is 356 g/mol. The number of rotatable bonds is 5. The number of benzene rings is 1. The zero-order valence-corrected chi connectivity index (χ0v) is 15.9. The minimum atomic E-state index is -0.156. The molecule has 3 rings (SSSR count). The lowest BCUT2D eigenvalue weighted by molar-refractivity contribution is -0.140. The molecule has 0 radical (unpaired) electrons. The zero-order valence-electron chi connectivity index (χ0n) is 15.9. The summed E-state index contributed by atoms with van der Waals surface area (Å²) in [5.74, 6) is -0.310. The molecule has 5 heteroatoms. The summed E-state index contributed by atoms with van der Waals surface area (Å²) in [5, 5.41) is 2.99. The normalized spacial score (nSPS) is 22.7. The molecule has 1 aromatic rings. The molecule has 3 amide bonds. The Hall–Kier alpha value is -2.17. The number of anilines is 1. The second-order valence-electron chi connectivity index (χ2n) is 7.82. The van der Waals surface area contributed by atoms with Crippen LogP contribution in [0.15, 0.2) is 18.2 Å². The number of para-hydroxylation sites is 1. The second-order valence-corrected chi connectivity index (χ2v) is 7.82. The summed E-state index contributed by atoms with van der Waals surface area (Å²) >= 11 is 0. The quantitative estimate of drug-likeness (QED) is 0.820. The molecule has 140 valence electrons. The molecule has 2 aliphatic rings. The van der Waals surface area contributed by atoms with Gasteiger partial charge in [0.05, 0.1) is 11.8 Å². The van der Waals surface area contributed by atoms with Crippen LogP contribution in [0.3, 0.4) is 0 Å². The maximum atomic E-state index is 12.5. The maximum Gasteiger partial charge on any atom is 0.233 e. The van der Waals surface area contributed by atoms with Gasteiger partial charge in [0, 0.05) is 18.7 Å². The van der Waals surface area contributed by atoms with Crippen molar-refractivity contribution in [3.05, 3.63) is 29.3 Å². The van der Waals surface area contributed by atoms with Gasteiger partial charge in [0.1, 0.15) is 0 Å². The first-order valence-corrected chi connectivity index (χ1v) is 9.64. The Balaban J connectivity index is 1.63. The van der Waals surface area contributed by atoms with Crippen LogP contribution < -0.4 is 5.32 Å². The summed E-state index contributed by atoms with van der Waals surface area (Å²) in [5.41, 5.74) is 2.96. The smallest absolute Gasteiger partial charge is 0.233 e. The van der Waals surface area contributed by atoms with E-state index in [4.69, 9.17) is 0 Å². The molecule has 1 aliphatic carbocycles. The van der Waals surface area contributed by atoms with Gasteiger partial charge in [-0.3, -0.25) is 19.3 Å². The third kappa shape index (κ3) is 3.53. The third-order valence-electron chi connectivity index (χ3n) is 5.69. The highest BCUT2D eigenvalue weighted by Gasteiger charge is 2.47. The molecule has 0 aromatic heterocycles. The van der Waals surface area contributed by atoms with Crippen molar-refractivity contribution in [1.82, 2.24) is 4.90 Å². The van der Waals surface area contributed by atoms with Gasteiger partial charge in [0.15, 0.2) is 0 Å². The molecule has 1 aliphatic heterocycles. The van der Waals surface area contributed by atoms with Crippen molar-refractivity contribution in [2.75, 3.05) is 11.9 Å². The lowest BCUT2D eigenvalue weighted by atomic mass is 9.81. The van der Waals surface area contributed by atoms with Crippen molar-refractivity contribution in [2.45, 2.75) is 58.8 Å². The van der Waals surface area contributed by atoms with Crippen LogP contribution in [-0.4, -0.2) is 29.2 Å². The molecule has 0 spiro atoms. The highest BCUT2D eigenvalue weighted by molar-refractivity contribution is 6.05. The molecule has 2 fully saturated rings. The number of nitrogens with zero attached hydrogens (tertiary/aromatic N) is 1. The Morgan fingerprint density at radius 1 is 1.15 bits per heavy atom. The van der Waals surface area contributed by atoms with E-state index in [2.05, 4.69) is 19.2 Å². The summed E-state index contributed by atoms with van der Waals surface area (Å²) in [6.45, 7) is 6.33. The molecule has 0 bridgehead atoms. The van der Waals surface area contributed by atoms with Crippen molar-refractivity contribution >= 4 is 23.4 Å². The molecule has 5 nitrogen and oxygen atoms in total. The van der Waals surface area contributed by atoms with Gasteiger partial charge < -0.3 is 5.32 Å². The van der Waals surface area contributed by atoms with Gasteiger partial charge in [0.25, 0.3) is 0 Å². The molecular formula is C21H28N2O3. The van der Waals surface area contributed by atoms with Crippen LogP contribution in [0.2, 0.25) is 0 Å². The molecule has 26 heavy (non-hydrogen) atoms. The van der Waals surface area contributed by atoms with Crippen molar-refractivity contribution in [3.63, 3.8) is 0 Å². The number of amides is 3. The van der Waals surface area contributed by atoms with Crippen molar-refractivity contribution in [3.8, 4) is 0 Å². The van der Waals surface area contributed by atoms with E-state index in [9.17, 15) is 14.4 Å². The van der Waals surface area contributed by atoms with E-state index in [1.54, 1.807) is 0 Å². The van der Waals surface area contributed by atoms with E-state index in [-0.39, 0.29) is 42.5 Å². The second kappa shape index (κ2) is 7.60. The van der Waals surface area contributed by atoms with Crippen molar-refractivity contribution < 1.29 is 14.4 Å². The molecule has 1 heterocycles. The predicted molar refractivity (Wildman–Crippen MR) is 101 cm³/mol. The molecule has 1 N–H and O–H groups in total. The van der Waals surface area contributed by atoms with Crippen molar-refractivity contribution in [2.24, 2.45) is 11.8 Å². The Labute approximate surface area is 155 Å². The number of carbonyl (C=O) groups excluding carboxylic acids is 3. The van der Waals surface area contributed by atoms with Crippen LogP contribution in [0.1, 0.15) is 63.0 Å². The summed E-state index contributed by atoms with van der Waals surface area (Å²) in [4.78, 5) is 38.8. The van der Waals surface area contributed by atoms with Crippen LogP contribution in [0, 0.1) is 18.8 Å². The molecule has 1 saturated heterocycles. The van der Waals surface area contributed by atoms with Gasteiger partial charge in [-0.2, -0.15) is 0 Å². The Kier molecular flexibility index (Phi) is 5.44. The van der Waals surface area contributed by atoms with Crippen LogP contribution in [0.25, 0.3) is 0 Å². The van der Waals surface area contributed by atoms with Crippen LogP contribution >= 0.6 is 0 Å². The predicted octanol–water partition coefficient (Wildman–Crippen LogP) is 3.62. The number of nitrogens with one attached hydrogen (secondary N) is 1. The summed E-state index contributed by atoms with van der Waals surface area (Å²) < 4.78 is 0. The fourth-order valence-electron chi connectivity index (χ4n) is 4.21. The first-order chi connectivity index (χ1) is 12.4. The van der Waals surface area contributed by atoms with E-state index in [1.807, 2.05) is 25.1 Å². The van der Waals surface area contributed by atoms with E-state index in [0.717, 1.165) is 42.5 Å². The molecule has 2 atom stereocenters. The fourth-order valence-corrected chi connectivity index (χ4v) is 4.21. The number of aryl methyl sites for hydroxylation is 1. The number of likely N-dealkylation sites (tertiary alicyclic amines) is 1. The van der Waals surface area contributed by atoms with Gasteiger partial charge in [-0.05, 0) is 36.8 Å². The molecule has 1 aromatic carbocycles. The lowest BCUT2D eigenvalue weighted by Crippen LogP contribution is -2.34. The van der Waals surface area contributed by atoms with Crippen LogP contribution in [0.4, 0.5) is 5.69 Å². The minimum absolute atomic E-state index is 0.0775. The number of hydrogen-bond acceptors (Lipinski definition) is 3. The number of fused-ring (bicyclic) bond motifs is 1. The van der Waals surface area contributed by atoms with Crippen LogP contribution in [-0.2, 0) is 14.4 Å². The Morgan fingerprint density at radius 3 is 2.35 bits per heavy atom. The third-order valence-corrected chi connectivity index (χ3v) is 5.69. The van der Waals surface area contributed by atoms with E-state index in [0.29, 0.717) is 5.92 Å². The average Bonchev–Trinajstić information content (AvgIpc) is 2.86. The van der Waals surface area contributed by atoms with E-state index >= 15 is 0 Å². The molecular weight excluding hydrogens is 328 g/mol. The van der Waals surface area contributed by atoms with Gasteiger partial charge >= 0.3 is 0 Å². The molecule has 2 unspecified atom stereocenters. The summed E-state index contributed by atoms with van der Waals surface area (Å²) in [7, 11) is 0. The Morgan fingerprint density at radius 2 is 1.77 bits per heavy atom. The number of hydrogen-bond donors (Lipinski definition) is 1. The van der Waals surface area contributed by atoms with E-state index < -0.39 is 0 Å². The molecule has 1 saturated carbocycles. The summed E-state index contributed by atoms with van der Waals surface area (Å²) in [6, 6.07) is 5.98. The van der Waals surface area contributed by atoms with Gasteiger partial charge in [-0.25, -0.2) is 0 Å². The van der Waals surface area contributed by atoms with Gasteiger partial charge in [-0.1, -0.05) is 44.9 Å². The SMILES string of the molecule is Cc1cccc(C(C)C)c1NC(=O)CCN1C(=O)C2CCCCC2C1=O. The van der Waals surface area contributed by atoms with Gasteiger partial charge in [0.2, 0.25) is 17.7 Å². The lowest BCUT2D eigenvalue weighted by Gasteiger charge is -2.19. The topological polar surface area (TPSA) is 66.5 Å². The van der Waals surface area contributed by atoms with Crippen molar-refractivity contribution in [1.29, 1.82) is 0 Å². The maximum absolute atomic E-state index is 12.5.